The van der Waals surface area contributed by atoms with E-state index in [-0.39, 0.29) is 5.82 Å². The molecule has 0 aliphatic heterocycles. The summed E-state index contributed by atoms with van der Waals surface area (Å²) in [6.07, 6.45) is 0. The SMILES string of the molecule is CCN(c1cccc(F)c1)c1nc(COC)c(CN)s1. The first-order valence-electron chi connectivity index (χ1n) is 6.40. The monoisotopic (exact) mass is 295 g/mol. The highest BCUT2D eigenvalue weighted by atomic mass is 32.1. The summed E-state index contributed by atoms with van der Waals surface area (Å²) in [7, 11) is 1.63. The average Bonchev–Trinajstić information content (AvgIpc) is 2.83. The van der Waals surface area contributed by atoms with Crippen LogP contribution in [0.4, 0.5) is 15.2 Å². The molecule has 0 spiro atoms. The summed E-state index contributed by atoms with van der Waals surface area (Å²) in [5.41, 5.74) is 7.37. The predicted octanol–water partition coefficient (Wildman–Crippen LogP) is 3.05. The van der Waals surface area contributed by atoms with Crippen LogP contribution < -0.4 is 10.6 Å². The van der Waals surface area contributed by atoms with Crippen molar-refractivity contribution in [3.63, 3.8) is 0 Å². The van der Waals surface area contributed by atoms with Crippen LogP contribution in [0.1, 0.15) is 17.5 Å². The molecule has 20 heavy (non-hydrogen) atoms. The van der Waals surface area contributed by atoms with E-state index in [1.807, 2.05) is 17.9 Å². The molecule has 0 fully saturated rings. The molecule has 0 saturated heterocycles. The van der Waals surface area contributed by atoms with Crippen LogP contribution in [-0.2, 0) is 17.9 Å². The van der Waals surface area contributed by atoms with E-state index in [4.69, 9.17) is 10.5 Å². The fourth-order valence-electron chi connectivity index (χ4n) is 1.97. The highest BCUT2D eigenvalue weighted by molar-refractivity contribution is 7.15. The topological polar surface area (TPSA) is 51.4 Å². The van der Waals surface area contributed by atoms with Crippen molar-refractivity contribution in [2.45, 2.75) is 20.1 Å². The third kappa shape index (κ3) is 3.15. The molecule has 1 heterocycles. The first-order valence-corrected chi connectivity index (χ1v) is 7.22. The molecule has 1 aromatic heterocycles. The lowest BCUT2D eigenvalue weighted by molar-refractivity contribution is 0.181. The molecule has 2 N–H and O–H groups in total. The number of aromatic nitrogens is 1. The Labute approximate surface area is 122 Å². The lowest BCUT2D eigenvalue weighted by atomic mass is 10.3. The molecule has 0 radical (unpaired) electrons. The van der Waals surface area contributed by atoms with Gasteiger partial charge in [0.2, 0.25) is 0 Å². The van der Waals surface area contributed by atoms with Crippen molar-refractivity contribution in [2.75, 3.05) is 18.6 Å². The number of hydrogen-bond acceptors (Lipinski definition) is 5. The minimum atomic E-state index is -0.256. The largest absolute Gasteiger partial charge is 0.378 e. The van der Waals surface area contributed by atoms with Gasteiger partial charge in [-0.15, -0.1) is 0 Å². The van der Waals surface area contributed by atoms with E-state index < -0.39 is 0 Å². The number of thiazole rings is 1. The Balaban J connectivity index is 2.36. The molecule has 2 aromatic rings. The molecule has 0 atom stereocenters. The molecule has 108 valence electrons. The van der Waals surface area contributed by atoms with Gasteiger partial charge in [0, 0.05) is 30.8 Å². The van der Waals surface area contributed by atoms with Gasteiger partial charge in [-0.1, -0.05) is 17.4 Å². The smallest absolute Gasteiger partial charge is 0.190 e. The lowest BCUT2D eigenvalue weighted by Gasteiger charge is -2.19. The van der Waals surface area contributed by atoms with E-state index in [0.29, 0.717) is 19.7 Å². The van der Waals surface area contributed by atoms with Crippen LogP contribution in [0, 0.1) is 5.82 Å². The normalized spacial score (nSPS) is 10.8. The molecule has 0 unspecified atom stereocenters. The van der Waals surface area contributed by atoms with Crippen molar-refractivity contribution in [2.24, 2.45) is 5.73 Å². The minimum Gasteiger partial charge on any atom is -0.378 e. The number of anilines is 2. The standard InChI is InChI=1S/C14H18FN3OS/c1-3-18(11-6-4-5-10(15)7-11)14-17-12(9-19-2)13(8-16)20-14/h4-7H,3,8-9,16H2,1-2H3. The van der Waals surface area contributed by atoms with Gasteiger partial charge in [-0.05, 0) is 25.1 Å². The Bertz CT molecular complexity index is 573. The van der Waals surface area contributed by atoms with Crippen molar-refractivity contribution < 1.29 is 9.13 Å². The van der Waals surface area contributed by atoms with Crippen molar-refractivity contribution in [1.82, 2.24) is 4.98 Å². The van der Waals surface area contributed by atoms with Gasteiger partial charge in [-0.3, -0.25) is 0 Å². The van der Waals surface area contributed by atoms with Crippen LogP contribution in [0.3, 0.4) is 0 Å². The van der Waals surface area contributed by atoms with E-state index in [0.717, 1.165) is 21.4 Å². The molecular formula is C14H18FN3OS. The zero-order valence-electron chi connectivity index (χ0n) is 11.6. The maximum atomic E-state index is 13.4. The number of ether oxygens (including phenoxy) is 1. The zero-order chi connectivity index (χ0) is 14.5. The number of benzene rings is 1. The molecule has 6 heteroatoms. The fourth-order valence-corrected chi connectivity index (χ4v) is 2.99. The molecule has 0 aliphatic carbocycles. The van der Waals surface area contributed by atoms with E-state index >= 15 is 0 Å². The van der Waals surface area contributed by atoms with Crippen molar-refractivity contribution in [3.8, 4) is 0 Å². The summed E-state index contributed by atoms with van der Waals surface area (Å²) in [5, 5.41) is 0.811. The highest BCUT2D eigenvalue weighted by Crippen LogP contribution is 2.32. The Morgan fingerprint density at radius 1 is 1.45 bits per heavy atom. The highest BCUT2D eigenvalue weighted by Gasteiger charge is 2.16. The van der Waals surface area contributed by atoms with Gasteiger partial charge in [-0.2, -0.15) is 0 Å². The van der Waals surface area contributed by atoms with Crippen LogP contribution in [0.15, 0.2) is 24.3 Å². The summed E-state index contributed by atoms with van der Waals surface area (Å²) in [6.45, 7) is 3.57. The summed E-state index contributed by atoms with van der Waals surface area (Å²) >= 11 is 1.52. The Kier molecular flexibility index (Phi) is 5.05. The molecule has 0 aliphatic rings. The van der Waals surface area contributed by atoms with E-state index in [2.05, 4.69) is 4.98 Å². The van der Waals surface area contributed by atoms with Crippen molar-refractivity contribution >= 4 is 22.2 Å². The lowest BCUT2D eigenvalue weighted by Crippen LogP contribution is -2.15. The molecular weight excluding hydrogens is 277 g/mol. The minimum absolute atomic E-state index is 0.256. The quantitative estimate of drug-likeness (QED) is 0.890. The van der Waals surface area contributed by atoms with Gasteiger partial charge >= 0.3 is 0 Å². The average molecular weight is 295 g/mol. The predicted molar refractivity (Wildman–Crippen MR) is 79.8 cm³/mol. The van der Waals surface area contributed by atoms with Crippen LogP contribution in [0.2, 0.25) is 0 Å². The number of hydrogen-bond donors (Lipinski definition) is 1. The Morgan fingerprint density at radius 3 is 2.85 bits per heavy atom. The van der Waals surface area contributed by atoms with Gasteiger partial charge in [-0.25, -0.2) is 9.37 Å². The maximum Gasteiger partial charge on any atom is 0.190 e. The zero-order valence-corrected chi connectivity index (χ0v) is 12.4. The van der Waals surface area contributed by atoms with Gasteiger partial charge in [0.25, 0.3) is 0 Å². The fraction of sp³-hybridized carbons (Fsp3) is 0.357. The molecule has 2 rings (SSSR count). The second kappa shape index (κ2) is 6.78. The number of methoxy groups -OCH3 is 1. The molecule has 0 saturated carbocycles. The van der Waals surface area contributed by atoms with Crippen LogP contribution in [0.25, 0.3) is 0 Å². The van der Waals surface area contributed by atoms with Gasteiger partial charge in [0.15, 0.2) is 5.13 Å². The summed E-state index contributed by atoms with van der Waals surface area (Å²) in [6, 6.07) is 6.50. The van der Waals surface area contributed by atoms with Crippen LogP contribution >= 0.6 is 11.3 Å². The number of nitrogens with two attached hydrogens (primary N) is 1. The third-order valence-corrected chi connectivity index (χ3v) is 4.04. The Hall–Kier alpha value is -1.50. The molecule has 1 aromatic carbocycles. The van der Waals surface area contributed by atoms with Crippen LogP contribution in [0.5, 0.6) is 0 Å². The molecule has 4 nitrogen and oxygen atoms in total. The van der Waals surface area contributed by atoms with Crippen molar-refractivity contribution in [3.05, 3.63) is 40.7 Å². The Morgan fingerprint density at radius 2 is 2.25 bits per heavy atom. The first kappa shape index (κ1) is 14.9. The third-order valence-electron chi connectivity index (χ3n) is 2.90. The van der Waals surface area contributed by atoms with E-state index in [1.165, 1.54) is 23.5 Å². The van der Waals surface area contributed by atoms with Gasteiger partial charge in [0.1, 0.15) is 5.82 Å². The summed E-state index contributed by atoms with van der Waals surface area (Å²) < 4.78 is 18.5. The van der Waals surface area contributed by atoms with Gasteiger partial charge < -0.3 is 15.4 Å². The van der Waals surface area contributed by atoms with Crippen molar-refractivity contribution in [1.29, 1.82) is 0 Å². The number of rotatable bonds is 6. The summed E-state index contributed by atoms with van der Waals surface area (Å²) in [4.78, 5) is 7.53. The van der Waals surface area contributed by atoms with Gasteiger partial charge in [0.05, 0.1) is 12.3 Å². The van der Waals surface area contributed by atoms with Crippen LogP contribution in [-0.4, -0.2) is 18.6 Å². The van der Waals surface area contributed by atoms with E-state index in [9.17, 15) is 4.39 Å². The second-order valence-corrected chi connectivity index (χ2v) is 5.29. The number of nitrogens with zero attached hydrogens (tertiary/aromatic N) is 2. The second-order valence-electron chi connectivity index (χ2n) is 4.23. The summed E-state index contributed by atoms with van der Waals surface area (Å²) in [5.74, 6) is -0.256. The van der Waals surface area contributed by atoms with E-state index in [1.54, 1.807) is 13.2 Å². The molecule has 0 bridgehead atoms. The first-order chi connectivity index (χ1) is 9.69. The maximum absolute atomic E-state index is 13.4. The number of halogens is 1. The molecule has 0 amide bonds.